The van der Waals surface area contributed by atoms with E-state index in [0.29, 0.717) is 11.0 Å². The molecule has 0 amide bonds. The molecule has 0 bridgehead atoms. The average molecular weight is 231 g/mol. The molecule has 0 aliphatic heterocycles. The number of hydrogen-bond donors (Lipinski definition) is 3. The van der Waals surface area contributed by atoms with E-state index in [4.69, 9.17) is 16.6 Å². The number of hydrogen-bond acceptors (Lipinski definition) is 4. The smallest absolute Gasteiger partial charge is 0.206 e. The standard InChI is InChI=1S/C8H13N3OS2/c1-9-8(14)11-3-2-6(13)7-10-4-5-12-7/h4-6,13H,2-3H2,1H3,(H2,9,11,14). The first-order valence-corrected chi connectivity index (χ1v) is 5.19. The Labute approximate surface area is 93.9 Å². The Hall–Kier alpha value is -0.750. The van der Waals surface area contributed by atoms with Crippen LogP contribution in [0.5, 0.6) is 0 Å². The minimum absolute atomic E-state index is 0.0113. The first kappa shape index (κ1) is 11.3. The van der Waals surface area contributed by atoms with E-state index in [1.54, 1.807) is 19.5 Å². The van der Waals surface area contributed by atoms with Crippen molar-refractivity contribution in [3.8, 4) is 0 Å². The van der Waals surface area contributed by atoms with Crippen LogP contribution in [0.3, 0.4) is 0 Å². The minimum Gasteiger partial charge on any atom is -0.448 e. The van der Waals surface area contributed by atoms with Crippen LogP contribution in [-0.4, -0.2) is 23.7 Å². The van der Waals surface area contributed by atoms with Crippen LogP contribution in [-0.2, 0) is 0 Å². The molecule has 0 radical (unpaired) electrons. The lowest BCUT2D eigenvalue weighted by Gasteiger charge is -2.09. The van der Waals surface area contributed by atoms with Gasteiger partial charge in [0, 0.05) is 13.6 Å². The zero-order valence-electron chi connectivity index (χ0n) is 7.86. The molecule has 2 N–H and O–H groups in total. The minimum atomic E-state index is 0.0113. The third-order valence-electron chi connectivity index (χ3n) is 1.67. The molecule has 1 heterocycles. The largest absolute Gasteiger partial charge is 0.448 e. The molecule has 0 saturated heterocycles. The summed E-state index contributed by atoms with van der Waals surface area (Å²) in [6, 6.07) is 0. The Morgan fingerprint density at radius 1 is 1.79 bits per heavy atom. The van der Waals surface area contributed by atoms with E-state index in [-0.39, 0.29) is 5.25 Å². The number of nitrogens with one attached hydrogen (secondary N) is 2. The zero-order chi connectivity index (χ0) is 10.4. The van der Waals surface area contributed by atoms with E-state index in [9.17, 15) is 0 Å². The van der Waals surface area contributed by atoms with Crippen LogP contribution in [0.15, 0.2) is 16.9 Å². The molecule has 0 aliphatic rings. The van der Waals surface area contributed by atoms with Crippen LogP contribution in [0.4, 0.5) is 0 Å². The summed E-state index contributed by atoms with van der Waals surface area (Å²) in [5.41, 5.74) is 0. The summed E-state index contributed by atoms with van der Waals surface area (Å²) in [6.45, 7) is 0.746. The van der Waals surface area contributed by atoms with Crippen LogP contribution < -0.4 is 10.6 Å². The molecule has 4 nitrogen and oxygen atoms in total. The lowest BCUT2D eigenvalue weighted by molar-refractivity contribution is 0.482. The molecule has 0 aliphatic carbocycles. The maximum Gasteiger partial charge on any atom is 0.206 e. The van der Waals surface area contributed by atoms with Gasteiger partial charge in [-0.15, -0.1) is 0 Å². The van der Waals surface area contributed by atoms with Gasteiger partial charge in [0.1, 0.15) is 6.26 Å². The summed E-state index contributed by atoms with van der Waals surface area (Å²) in [6.07, 6.45) is 3.97. The molecule has 1 rings (SSSR count). The maximum absolute atomic E-state index is 5.12. The molecular weight excluding hydrogens is 218 g/mol. The number of nitrogens with zero attached hydrogens (tertiary/aromatic N) is 1. The summed E-state index contributed by atoms with van der Waals surface area (Å²) in [4.78, 5) is 4.01. The highest BCUT2D eigenvalue weighted by Gasteiger charge is 2.10. The SMILES string of the molecule is CNC(=S)NCCC(S)c1ncco1. The summed E-state index contributed by atoms with van der Waals surface area (Å²) >= 11 is 9.28. The molecule has 0 fully saturated rings. The fraction of sp³-hybridized carbons (Fsp3) is 0.500. The summed E-state index contributed by atoms with van der Waals surface area (Å²) in [5.74, 6) is 0.644. The molecule has 0 aromatic carbocycles. The van der Waals surface area contributed by atoms with Crippen molar-refractivity contribution >= 4 is 30.0 Å². The van der Waals surface area contributed by atoms with E-state index in [0.717, 1.165) is 13.0 Å². The molecule has 0 saturated carbocycles. The first-order valence-electron chi connectivity index (χ1n) is 4.27. The third-order valence-corrected chi connectivity index (χ3v) is 2.49. The summed E-state index contributed by atoms with van der Waals surface area (Å²) in [7, 11) is 1.78. The van der Waals surface area contributed by atoms with Crippen molar-refractivity contribution in [3.05, 3.63) is 18.4 Å². The van der Waals surface area contributed by atoms with Gasteiger partial charge in [-0.05, 0) is 18.6 Å². The fourth-order valence-electron chi connectivity index (χ4n) is 0.933. The molecule has 14 heavy (non-hydrogen) atoms. The van der Waals surface area contributed by atoms with Crippen molar-refractivity contribution in [1.82, 2.24) is 15.6 Å². The molecule has 0 spiro atoms. The Kier molecular flexibility index (Phi) is 4.75. The number of thiocarbonyl (C=S) groups is 1. The molecule has 6 heteroatoms. The summed E-state index contributed by atoms with van der Waals surface area (Å²) in [5, 5.41) is 6.51. The summed E-state index contributed by atoms with van der Waals surface area (Å²) < 4.78 is 5.12. The van der Waals surface area contributed by atoms with E-state index in [2.05, 4.69) is 28.2 Å². The normalized spacial score (nSPS) is 12.1. The Morgan fingerprint density at radius 3 is 3.14 bits per heavy atom. The second-order valence-electron chi connectivity index (χ2n) is 2.68. The zero-order valence-corrected chi connectivity index (χ0v) is 9.57. The molecule has 1 aromatic rings. The van der Waals surface area contributed by atoms with Crippen LogP contribution in [0.25, 0.3) is 0 Å². The predicted octanol–water partition coefficient (Wildman–Crippen LogP) is 1.13. The fourth-order valence-corrected chi connectivity index (χ4v) is 1.29. The van der Waals surface area contributed by atoms with Crippen molar-refractivity contribution in [3.63, 3.8) is 0 Å². The van der Waals surface area contributed by atoms with Crippen molar-refractivity contribution in [2.45, 2.75) is 11.7 Å². The van der Waals surface area contributed by atoms with Gasteiger partial charge in [-0.2, -0.15) is 12.6 Å². The van der Waals surface area contributed by atoms with Gasteiger partial charge in [-0.3, -0.25) is 0 Å². The average Bonchev–Trinajstić information content (AvgIpc) is 2.70. The highest BCUT2D eigenvalue weighted by atomic mass is 32.1. The second kappa shape index (κ2) is 5.87. The van der Waals surface area contributed by atoms with Crippen LogP contribution >= 0.6 is 24.8 Å². The van der Waals surface area contributed by atoms with E-state index >= 15 is 0 Å². The van der Waals surface area contributed by atoms with Gasteiger partial charge in [-0.1, -0.05) is 0 Å². The Balaban J connectivity index is 2.22. The molecule has 1 atom stereocenters. The lowest BCUT2D eigenvalue weighted by Crippen LogP contribution is -2.33. The first-order chi connectivity index (χ1) is 6.74. The van der Waals surface area contributed by atoms with Gasteiger partial charge in [0.2, 0.25) is 5.89 Å². The van der Waals surface area contributed by atoms with E-state index in [1.807, 2.05) is 0 Å². The highest BCUT2D eigenvalue weighted by Crippen LogP contribution is 2.20. The van der Waals surface area contributed by atoms with Crippen molar-refractivity contribution in [1.29, 1.82) is 0 Å². The molecular formula is C8H13N3OS2. The molecule has 78 valence electrons. The van der Waals surface area contributed by atoms with Crippen LogP contribution in [0, 0.1) is 0 Å². The number of aromatic nitrogens is 1. The van der Waals surface area contributed by atoms with Gasteiger partial charge in [0.05, 0.1) is 11.4 Å². The monoisotopic (exact) mass is 231 g/mol. The lowest BCUT2D eigenvalue weighted by atomic mass is 10.3. The number of thiol groups is 1. The van der Waals surface area contributed by atoms with Gasteiger partial charge in [-0.25, -0.2) is 4.98 Å². The van der Waals surface area contributed by atoms with Crippen LogP contribution in [0.1, 0.15) is 17.6 Å². The van der Waals surface area contributed by atoms with Crippen LogP contribution in [0.2, 0.25) is 0 Å². The Bertz CT molecular complexity index is 276. The second-order valence-corrected chi connectivity index (χ2v) is 3.71. The number of oxazole rings is 1. The van der Waals surface area contributed by atoms with Gasteiger partial charge < -0.3 is 15.1 Å². The maximum atomic E-state index is 5.12. The third kappa shape index (κ3) is 3.55. The highest BCUT2D eigenvalue weighted by molar-refractivity contribution is 7.80. The quantitative estimate of drug-likeness (QED) is 0.536. The van der Waals surface area contributed by atoms with Gasteiger partial charge in [0.25, 0.3) is 0 Å². The predicted molar refractivity (Wildman–Crippen MR) is 62.5 cm³/mol. The van der Waals surface area contributed by atoms with E-state index < -0.39 is 0 Å². The Morgan fingerprint density at radius 2 is 2.57 bits per heavy atom. The topological polar surface area (TPSA) is 50.1 Å². The molecule has 1 unspecified atom stereocenters. The van der Waals surface area contributed by atoms with Gasteiger partial charge in [0.15, 0.2) is 5.11 Å². The molecule has 1 aromatic heterocycles. The van der Waals surface area contributed by atoms with E-state index in [1.165, 1.54) is 0 Å². The van der Waals surface area contributed by atoms with Crippen molar-refractivity contribution in [2.75, 3.05) is 13.6 Å². The number of rotatable bonds is 4. The van der Waals surface area contributed by atoms with Gasteiger partial charge >= 0.3 is 0 Å². The van der Waals surface area contributed by atoms with Crippen molar-refractivity contribution in [2.24, 2.45) is 0 Å². The van der Waals surface area contributed by atoms with Crippen molar-refractivity contribution < 1.29 is 4.42 Å².